The number of nitrogens with one attached hydrogen (secondary N) is 1. The number of nitrogens with zero attached hydrogens (tertiary/aromatic N) is 5. The van der Waals surface area contributed by atoms with Crippen LogP contribution in [-0.4, -0.2) is 24.3 Å². The summed E-state index contributed by atoms with van der Waals surface area (Å²) >= 11 is 0. The largest absolute Gasteiger partial charge is 0.361 e. The van der Waals surface area contributed by atoms with Gasteiger partial charge in [0.2, 0.25) is 5.78 Å². The normalized spacial score (nSPS) is 12.5. The first-order valence-electron chi connectivity index (χ1n) is 7.46. The third kappa shape index (κ3) is 2.64. The van der Waals surface area contributed by atoms with Crippen LogP contribution in [0.3, 0.4) is 0 Å². The second-order valence-corrected chi connectivity index (χ2v) is 5.43. The molecule has 0 aliphatic carbocycles. The molecule has 0 aliphatic heterocycles. The Kier molecular flexibility index (Phi) is 3.75. The Bertz CT molecular complexity index is 775. The van der Waals surface area contributed by atoms with E-state index in [1.807, 2.05) is 43.6 Å². The number of imidazole rings is 1. The van der Waals surface area contributed by atoms with Crippen LogP contribution in [0.25, 0.3) is 5.78 Å². The van der Waals surface area contributed by atoms with Crippen molar-refractivity contribution in [3.05, 3.63) is 47.4 Å². The predicted octanol–water partition coefficient (Wildman–Crippen LogP) is 3.01. The van der Waals surface area contributed by atoms with E-state index < -0.39 is 0 Å². The van der Waals surface area contributed by atoms with Gasteiger partial charge in [0.25, 0.3) is 0 Å². The van der Waals surface area contributed by atoms with Crippen LogP contribution < -0.4 is 5.32 Å². The molecule has 0 unspecified atom stereocenters. The average molecular weight is 296 g/mol. The van der Waals surface area contributed by atoms with Crippen LogP contribution in [0.1, 0.15) is 42.2 Å². The molecule has 3 aromatic rings. The van der Waals surface area contributed by atoms with Gasteiger partial charge in [-0.3, -0.25) is 4.40 Å². The van der Waals surface area contributed by atoms with E-state index in [0.717, 1.165) is 35.0 Å². The van der Waals surface area contributed by atoms with Crippen molar-refractivity contribution in [1.82, 2.24) is 24.3 Å². The third-order valence-corrected chi connectivity index (χ3v) is 3.83. The Morgan fingerprint density at radius 1 is 1.18 bits per heavy atom. The zero-order chi connectivity index (χ0) is 15.7. The van der Waals surface area contributed by atoms with Crippen LogP contribution in [0.2, 0.25) is 0 Å². The molecule has 6 heteroatoms. The molecular weight excluding hydrogens is 276 g/mol. The van der Waals surface area contributed by atoms with Crippen molar-refractivity contribution < 1.29 is 0 Å². The van der Waals surface area contributed by atoms with Gasteiger partial charge in [-0.25, -0.2) is 19.9 Å². The minimum Gasteiger partial charge on any atom is -0.361 e. The maximum absolute atomic E-state index is 4.60. The Balaban J connectivity index is 1.95. The van der Waals surface area contributed by atoms with Gasteiger partial charge >= 0.3 is 0 Å². The van der Waals surface area contributed by atoms with E-state index in [-0.39, 0.29) is 6.04 Å². The van der Waals surface area contributed by atoms with Gasteiger partial charge < -0.3 is 5.32 Å². The third-order valence-electron chi connectivity index (χ3n) is 3.83. The van der Waals surface area contributed by atoms with E-state index in [4.69, 9.17) is 0 Å². The SMILES string of the molecule is CC[C@@H](Nc1nc(C)nc(C)c1C)c1cn2cccnc2n1. The van der Waals surface area contributed by atoms with Crippen molar-refractivity contribution in [2.24, 2.45) is 0 Å². The molecule has 3 heterocycles. The van der Waals surface area contributed by atoms with Crippen LogP contribution in [0, 0.1) is 20.8 Å². The molecule has 0 aromatic carbocycles. The number of fused-ring (bicyclic) bond motifs is 1. The fourth-order valence-corrected chi connectivity index (χ4v) is 2.48. The Hall–Kier alpha value is -2.50. The topological polar surface area (TPSA) is 68.0 Å². The summed E-state index contributed by atoms with van der Waals surface area (Å²) < 4.78 is 1.93. The monoisotopic (exact) mass is 296 g/mol. The maximum atomic E-state index is 4.60. The smallest absolute Gasteiger partial charge is 0.233 e. The van der Waals surface area contributed by atoms with Crippen LogP contribution in [0.4, 0.5) is 5.82 Å². The summed E-state index contributed by atoms with van der Waals surface area (Å²) in [7, 11) is 0. The summed E-state index contributed by atoms with van der Waals surface area (Å²) in [6.45, 7) is 8.08. The molecular formula is C16H20N6. The molecule has 1 atom stereocenters. The maximum Gasteiger partial charge on any atom is 0.233 e. The molecule has 0 radical (unpaired) electrons. The van der Waals surface area contributed by atoms with Gasteiger partial charge in [0.1, 0.15) is 11.6 Å². The zero-order valence-corrected chi connectivity index (χ0v) is 13.3. The van der Waals surface area contributed by atoms with Crippen LogP contribution >= 0.6 is 0 Å². The van der Waals surface area contributed by atoms with Crippen LogP contribution in [0.5, 0.6) is 0 Å². The Morgan fingerprint density at radius 2 is 2.00 bits per heavy atom. The fraction of sp³-hybridized carbons (Fsp3) is 0.375. The summed E-state index contributed by atoms with van der Waals surface area (Å²) in [4.78, 5) is 17.8. The molecule has 3 rings (SSSR count). The van der Waals surface area contributed by atoms with Crippen molar-refractivity contribution in [3.63, 3.8) is 0 Å². The van der Waals surface area contributed by atoms with E-state index in [9.17, 15) is 0 Å². The standard InChI is InChI=1S/C16H20N6/c1-5-13(14-9-22-8-6-7-17-16(22)21-14)20-15-10(2)11(3)18-12(4)19-15/h6-9,13H,5H2,1-4H3,(H,18,19,20)/t13-/m1/s1. The van der Waals surface area contributed by atoms with Crippen LogP contribution in [-0.2, 0) is 0 Å². The lowest BCUT2D eigenvalue weighted by atomic mass is 10.1. The molecule has 0 spiro atoms. The van der Waals surface area contributed by atoms with Gasteiger partial charge in [-0.15, -0.1) is 0 Å². The van der Waals surface area contributed by atoms with E-state index in [0.29, 0.717) is 5.78 Å². The van der Waals surface area contributed by atoms with Crippen molar-refractivity contribution in [2.45, 2.75) is 40.2 Å². The quantitative estimate of drug-likeness (QED) is 0.801. The summed E-state index contributed by atoms with van der Waals surface area (Å²) in [5.74, 6) is 2.36. The highest BCUT2D eigenvalue weighted by atomic mass is 15.1. The number of anilines is 1. The molecule has 0 aliphatic rings. The molecule has 6 nitrogen and oxygen atoms in total. The van der Waals surface area contributed by atoms with Crippen molar-refractivity contribution in [3.8, 4) is 0 Å². The molecule has 3 aromatic heterocycles. The Morgan fingerprint density at radius 3 is 2.73 bits per heavy atom. The van der Waals surface area contributed by atoms with E-state index >= 15 is 0 Å². The van der Waals surface area contributed by atoms with Crippen molar-refractivity contribution >= 4 is 11.6 Å². The van der Waals surface area contributed by atoms with E-state index in [1.165, 1.54) is 0 Å². The minimum absolute atomic E-state index is 0.0918. The van der Waals surface area contributed by atoms with E-state index in [2.05, 4.69) is 32.2 Å². The zero-order valence-electron chi connectivity index (χ0n) is 13.3. The highest BCUT2D eigenvalue weighted by Crippen LogP contribution is 2.24. The van der Waals surface area contributed by atoms with Gasteiger partial charge in [-0.05, 0) is 33.3 Å². The number of hydrogen-bond acceptors (Lipinski definition) is 5. The molecule has 0 amide bonds. The second-order valence-electron chi connectivity index (χ2n) is 5.43. The molecule has 0 fully saturated rings. The predicted molar refractivity (Wildman–Crippen MR) is 85.9 cm³/mol. The average Bonchev–Trinajstić information content (AvgIpc) is 2.93. The summed E-state index contributed by atoms with van der Waals surface area (Å²) in [5.41, 5.74) is 3.04. The van der Waals surface area contributed by atoms with Gasteiger partial charge in [-0.2, -0.15) is 0 Å². The first kappa shape index (κ1) is 14.4. The highest BCUT2D eigenvalue weighted by molar-refractivity contribution is 5.47. The first-order chi connectivity index (χ1) is 10.6. The van der Waals surface area contributed by atoms with Crippen LogP contribution in [0.15, 0.2) is 24.7 Å². The second kappa shape index (κ2) is 5.71. The highest BCUT2D eigenvalue weighted by Gasteiger charge is 2.16. The number of hydrogen-bond donors (Lipinski definition) is 1. The lowest BCUT2D eigenvalue weighted by Crippen LogP contribution is -2.14. The first-order valence-corrected chi connectivity index (χ1v) is 7.46. The van der Waals surface area contributed by atoms with E-state index in [1.54, 1.807) is 6.20 Å². The van der Waals surface area contributed by atoms with Gasteiger partial charge in [0.15, 0.2) is 0 Å². The number of aromatic nitrogens is 5. The number of rotatable bonds is 4. The van der Waals surface area contributed by atoms with Crippen molar-refractivity contribution in [1.29, 1.82) is 0 Å². The minimum atomic E-state index is 0.0918. The molecule has 114 valence electrons. The summed E-state index contributed by atoms with van der Waals surface area (Å²) in [5, 5.41) is 3.50. The van der Waals surface area contributed by atoms with Gasteiger partial charge in [0.05, 0.1) is 11.7 Å². The molecule has 22 heavy (non-hydrogen) atoms. The molecule has 0 bridgehead atoms. The van der Waals surface area contributed by atoms with Crippen molar-refractivity contribution in [2.75, 3.05) is 5.32 Å². The molecule has 0 saturated carbocycles. The Labute approximate surface area is 129 Å². The fourth-order valence-electron chi connectivity index (χ4n) is 2.48. The van der Waals surface area contributed by atoms with Gasteiger partial charge in [0, 0.05) is 29.8 Å². The lowest BCUT2D eigenvalue weighted by molar-refractivity contribution is 0.721. The number of aryl methyl sites for hydroxylation is 2. The lowest BCUT2D eigenvalue weighted by Gasteiger charge is -2.18. The van der Waals surface area contributed by atoms with Gasteiger partial charge in [-0.1, -0.05) is 6.92 Å². The summed E-state index contributed by atoms with van der Waals surface area (Å²) in [6, 6.07) is 1.99. The summed E-state index contributed by atoms with van der Waals surface area (Å²) in [6.07, 6.45) is 6.63. The molecule has 1 N–H and O–H groups in total. The molecule has 0 saturated heterocycles.